The van der Waals surface area contributed by atoms with Crippen molar-refractivity contribution in [2.24, 2.45) is 0 Å². The number of carbonyl (C=O) groups excluding carboxylic acids is 2. The molecule has 3 N–H and O–H groups in total. The summed E-state index contributed by atoms with van der Waals surface area (Å²) in [6.07, 6.45) is 3.15. The summed E-state index contributed by atoms with van der Waals surface area (Å²) in [7, 11) is 0. The van der Waals surface area contributed by atoms with Crippen molar-refractivity contribution in [1.82, 2.24) is 5.32 Å². The van der Waals surface area contributed by atoms with Gasteiger partial charge in [0, 0.05) is 12.1 Å². The molecule has 0 aliphatic rings. The molecule has 0 bridgehead atoms. The molecule has 1 atom stereocenters. The number of unbranched alkanes of at least 4 members (excludes halogenated alkanes) is 2. The highest BCUT2D eigenvalue weighted by molar-refractivity contribution is 5.97. The average Bonchev–Trinajstić information content (AvgIpc) is 2.87. The van der Waals surface area contributed by atoms with E-state index in [9.17, 15) is 14.7 Å². The molecule has 0 heterocycles. The van der Waals surface area contributed by atoms with E-state index in [0.29, 0.717) is 30.0 Å². The monoisotopic (exact) mass is 460 g/mol. The van der Waals surface area contributed by atoms with Crippen molar-refractivity contribution in [2.45, 2.75) is 51.9 Å². The van der Waals surface area contributed by atoms with E-state index in [2.05, 4.69) is 17.6 Å². The molecule has 0 radical (unpaired) electrons. The van der Waals surface area contributed by atoms with E-state index in [1.165, 1.54) is 0 Å². The summed E-state index contributed by atoms with van der Waals surface area (Å²) < 4.78 is 5.84. The predicted octanol–water partition coefficient (Wildman–Crippen LogP) is 5.13. The third-order valence-corrected chi connectivity index (χ3v) is 5.44. The Morgan fingerprint density at radius 2 is 1.59 bits per heavy atom. The zero-order chi connectivity index (χ0) is 24.2. The second-order valence-corrected chi connectivity index (χ2v) is 8.15. The molecule has 0 fully saturated rings. The third-order valence-electron chi connectivity index (χ3n) is 5.44. The first-order chi connectivity index (χ1) is 16.6. The lowest BCUT2D eigenvalue weighted by Crippen LogP contribution is -2.36. The van der Waals surface area contributed by atoms with E-state index in [0.717, 1.165) is 30.4 Å². The van der Waals surface area contributed by atoms with E-state index < -0.39 is 6.04 Å². The van der Waals surface area contributed by atoms with Crippen molar-refractivity contribution in [3.8, 4) is 5.75 Å². The molecule has 6 nitrogen and oxygen atoms in total. The Morgan fingerprint density at radius 3 is 2.24 bits per heavy atom. The standard InChI is InChI=1S/C28H32N2O4/c1-2-3-5-10-26(32)30-27(28(33)29-24-15-11-21(19-31)12-16-24)23-13-17-25(18-14-23)34-20-22-8-6-4-7-9-22/h4,6-9,11-18,27,31H,2-3,5,10,19-20H2,1H3,(H,29,33)(H,30,32)/t27-/m0/s1. The number of anilines is 1. The number of carbonyl (C=O) groups is 2. The maximum absolute atomic E-state index is 13.1. The second kappa shape index (κ2) is 13.2. The number of aliphatic hydroxyl groups excluding tert-OH is 1. The fourth-order valence-electron chi connectivity index (χ4n) is 3.47. The summed E-state index contributed by atoms with van der Waals surface area (Å²) in [5.41, 5.74) is 3.08. The van der Waals surface area contributed by atoms with Gasteiger partial charge in [-0.1, -0.05) is 74.4 Å². The number of hydrogen-bond acceptors (Lipinski definition) is 4. The summed E-state index contributed by atoms with van der Waals surface area (Å²) in [5.74, 6) is 0.188. The van der Waals surface area contributed by atoms with Crippen LogP contribution in [0.5, 0.6) is 5.75 Å². The van der Waals surface area contributed by atoms with Gasteiger partial charge in [-0.15, -0.1) is 0 Å². The van der Waals surface area contributed by atoms with Crippen molar-refractivity contribution in [2.75, 3.05) is 5.32 Å². The van der Waals surface area contributed by atoms with Crippen LogP contribution >= 0.6 is 0 Å². The van der Waals surface area contributed by atoms with Crippen molar-refractivity contribution in [3.05, 3.63) is 95.6 Å². The fourth-order valence-corrected chi connectivity index (χ4v) is 3.47. The molecule has 0 unspecified atom stereocenters. The topological polar surface area (TPSA) is 87.7 Å². The van der Waals surface area contributed by atoms with Gasteiger partial charge in [0.05, 0.1) is 6.61 Å². The third kappa shape index (κ3) is 7.74. The SMILES string of the molecule is CCCCCC(=O)N[C@H](C(=O)Nc1ccc(CO)cc1)c1ccc(OCc2ccccc2)cc1. The number of amides is 2. The Hall–Kier alpha value is -3.64. The molecule has 3 aromatic rings. The van der Waals surface area contributed by atoms with Gasteiger partial charge in [0.1, 0.15) is 18.4 Å². The maximum atomic E-state index is 13.1. The molecule has 0 aliphatic carbocycles. The van der Waals surface area contributed by atoms with E-state index in [1.54, 1.807) is 48.5 Å². The Labute approximate surface area is 201 Å². The van der Waals surface area contributed by atoms with Crippen LogP contribution in [-0.4, -0.2) is 16.9 Å². The highest BCUT2D eigenvalue weighted by Crippen LogP contribution is 2.21. The highest BCUT2D eigenvalue weighted by Gasteiger charge is 2.23. The van der Waals surface area contributed by atoms with Crippen molar-refractivity contribution >= 4 is 17.5 Å². The summed E-state index contributed by atoms with van der Waals surface area (Å²) in [5, 5.41) is 15.0. The van der Waals surface area contributed by atoms with Gasteiger partial charge in [0.15, 0.2) is 0 Å². The lowest BCUT2D eigenvalue weighted by molar-refractivity contribution is -0.126. The van der Waals surface area contributed by atoms with Crippen LogP contribution in [0.1, 0.15) is 55.3 Å². The van der Waals surface area contributed by atoms with Crippen molar-refractivity contribution in [3.63, 3.8) is 0 Å². The van der Waals surface area contributed by atoms with Crippen molar-refractivity contribution in [1.29, 1.82) is 0 Å². The van der Waals surface area contributed by atoms with Crippen LogP contribution in [0.15, 0.2) is 78.9 Å². The molecule has 0 saturated carbocycles. The van der Waals surface area contributed by atoms with Crippen LogP contribution in [-0.2, 0) is 22.8 Å². The molecule has 34 heavy (non-hydrogen) atoms. The molecule has 3 rings (SSSR count). The van der Waals surface area contributed by atoms with Crippen LogP contribution in [0.4, 0.5) is 5.69 Å². The van der Waals surface area contributed by atoms with Crippen molar-refractivity contribution < 1.29 is 19.4 Å². The van der Waals surface area contributed by atoms with Gasteiger partial charge in [-0.25, -0.2) is 0 Å². The minimum absolute atomic E-state index is 0.0661. The minimum Gasteiger partial charge on any atom is -0.489 e. The van der Waals surface area contributed by atoms with Gasteiger partial charge < -0.3 is 20.5 Å². The molecular formula is C28H32N2O4. The Balaban J connectivity index is 1.70. The van der Waals surface area contributed by atoms with Gasteiger partial charge >= 0.3 is 0 Å². The number of rotatable bonds is 12. The van der Waals surface area contributed by atoms with E-state index >= 15 is 0 Å². The second-order valence-electron chi connectivity index (χ2n) is 8.15. The number of benzene rings is 3. The minimum atomic E-state index is -0.838. The number of aliphatic hydroxyl groups is 1. The summed E-state index contributed by atoms with van der Waals surface area (Å²) in [4.78, 5) is 25.6. The number of nitrogens with one attached hydrogen (secondary N) is 2. The Kier molecular flexibility index (Phi) is 9.67. The molecule has 2 amide bonds. The molecular weight excluding hydrogens is 428 g/mol. The molecule has 3 aromatic carbocycles. The van der Waals surface area contributed by atoms with Gasteiger partial charge in [0.2, 0.25) is 5.91 Å². The van der Waals surface area contributed by atoms with E-state index in [1.807, 2.05) is 30.3 Å². The highest BCUT2D eigenvalue weighted by atomic mass is 16.5. The van der Waals surface area contributed by atoms with Gasteiger partial charge in [-0.3, -0.25) is 9.59 Å². The lowest BCUT2D eigenvalue weighted by Gasteiger charge is -2.19. The zero-order valence-corrected chi connectivity index (χ0v) is 19.5. The van der Waals surface area contributed by atoms with E-state index in [-0.39, 0.29) is 18.4 Å². The van der Waals surface area contributed by atoms with Crippen LogP contribution in [0.3, 0.4) is 0 Å². The van der Waals surface area contributed by atoms with Crippen LogP contribution in [0.2, 0.25) is 0 Å². The summed E-state index contributed by atoms with van der Waals surface area (Å²) in [6.45, 7) is 2.46. The number of ether oxygens (including phenoxy) is 1. The van der Waals surface area contributed by atoms with Crippen LogP contribution in [0.25, 0.3) is 0 Å². The molecule has 178 valence electrons. The largest absolute Gasteiger partial charge is 0.489 e. The van der Waals surface area contributed by atoms with Gasteiger partial charge in [0.25, 0.3) is 5.91 Å². The first kappa shape index (κ1) is 25.0. The quantitative estimate of drug-likeness (QED) is 0.327. The molecule has 0 saturated heterocycles. The molecule has 0 aromatic heterocycles. The first-order valence-electron chi connectivity index (χ1n) is 11.7. The van der Waals surface area contributed by atoms with Gasteiger partial charge in [-0.05, 0) is 47.4 Å². The number of hydrogen-bond donors (Lipinski definition) is 3. The first-order valence-corrected chi connectivity index (χ1v) is 11.7. The maximum Gasteiger partial charge on any atom is 0.251 e. The zero-order valence-electron chi connectivity index (χ0n) is 19.5. The average molecular weight is 461 g/mol. The fraction of sp³-hybridized carbons (Fsp3) is 0.286. The Bertz CT molecular complexity index is 1030. The molecule has 6 heteroatoms. The van der Waals surface area contributed by atoms with Crippen LogP contribution < -0.4 is 15.4 Å². The van der Waals surface area contributed by atoms with Gasteiger partial charge in [-0.2, -0.15) is 0 Å². The lowest BCUT2D eigenvalue weighted by atomic mass is 10.0. The summed E-state index contributed by atoms with van der Waals surface area (Å²) in [6, 6.07) is 23.2. The van der Waals surface area contributed by atoms with E-state index in [4.69, 9.17) is 4.74 Å². The van der Waals surface area contributed by atoms with Crippen LogP contribution in [0, 0.1) is 0 Å². The predicted molar refractivity (Wildman–Crippen MR) is 133 cm³/mol. The smallest absolute Gasteiger partial charge is 0.251 e. The summed E-state index contributed by atoms with van der Waals surface area (Å²) >= 11 is 0. The molecule has 0 aliphatic heterocycles. The Morgan fingerprint density at radius 1 is 0.882 bits per heavy atom. The molecule has 0 spiro atoms. The normalized spacial score (nSPS) is 11.5.